The van der Waals surface area contributed by atoms with Gasteiger partial charge in [-0.25, -0.2) is 0 Å². The molecule has 82 valence electrons. The van der Waals surface area contributed by atoms with Crippen molar-refractivity contribution >= 4 is 16.7 Å². The SMILES string of the molecule is COc1ccc(C(=O)C(C)[S+](C)C)cc1. The number of hydrogen-bond acceptors (Lipinski definition) is 2. The van der Waals surface area contributed by atoms with E-state index in [1.54, 1.807) is 7.11 Å². The van der Waals surface area contributed by atoms with Crippen LogP contribution in [0.3, 0.4) is 0 Å². The van der Waals surface area contributed by atoms with E-state index in [0.29, 0.717) is 0 Å². The van der Waals surface area contributed by atoms with Gasteiger partial charge in [0.1, 0.15) is 5.75 Å². The number of ketones is 1. The maximum atomic E-state index is 12.0. The number of carbonyl (C=O) groups is 1. The van der Waals surface area contributed by atoms with Gasteiger partial charge in [0.15, 0.2) is 5.25 Å². The first-order valence-corrected chi connectivity index (χ1v) is 6.91. The lowest BCUT2D eigenvalue weighted by atomic mass is 10.1. The normalized spacial score (nSPS) is 12.6. The molecular formula is C12H17O2S+. The minimum atomic E-state index is 0.0957. The van der Waals surface area contributed by atoms with Crippen LogP contribution in [0, 0.1) is 0 Å². The molecule has 0 aromatic heterocycles. The average molecular weight is 225 g/mol. The molecule has 0 aliphatic heterocycles. The van der Waals surface area contributed by atoms with Crippen LogP contribution in [-0.4, -0.2) is 30.7 Å². The molecule has 3 heteroatoms. The van der Waals surface area contributed by atoms with Crippen molar-refractivity contribution in [3.8, 4) is 5.75 Å². The number of carbonyl (C=O) groups excluding carboxylic acids is 1. The Hall–Kier alpha value is -0.960. The third kappa shape index (κ3) is 2.99. The Labute approximate surface area is 94.0 Å². The van der Waals surface area contributed by atoms with E-state index in [1.165, 1.54) is 0 Å². The molecule has 0 aliphatic carbocycles. The fraction of sp³-hybridized carbons (Fsp3) is 0.417. The van der Waals surface area contributed by atoms with Crippen molar-refractivity contribution in [1.29, 1.82) is 0 Å². The Morgan fingerprint density at radius 3 is 2.20 bits per heavy atom. The molecule has 2 nitrogen and oxygen atoms in total. The molecule has 1 rings (SSSR count). The molecule has 0 heterocycles. The molecule has 0 saturated carbocycles. The van der Waals surface area contributed by atoms with E-state index in [4.69, 9.17) is 4.74 Å². The van der Waals surface area contributed by atoms with Crippen LogP contribution < -0.4 is 4.74 Å². The third-order valence-electron chi connectivity index (χ3n) is 2.45. The Balaban J connectivity index is 2.83. The first kappa shape index (κ1) is 12.1. The molecule has 1 unspecified atom stereocenters. The summed E-state index contributed by atoms with van der Waals surface area (Å²) in [5.74, 6) is 0.997. The smallest absolute Gasteiger partial charge is 0.214 e. The highest BCUT2D eigenvalue weighted by atomic mass is 32.2. The minimum absolute atomic E-state index is 0.0957. The predicted molar refractivity (Wildman–Crippen MR) is 66.0 cm³/mol. The van der Waals surface area contributed by atoms with Gasteiger partial charge in [-0.1, -0.05) is 0 Å². The molecule has 0 aliphatic rings. The van der Waals surface area contributed by atoms with Crippen LogP contribution >= 0.6 is 0 Å². The van der Waals surface area contributed by atoms with E-state index in [-0.39, 0.29) is 21.9 Å². The van der Waals surface area contributed by atoms with Gasteiger partial charge in [-0.15, -0.1) is 0 Å². The van der Waals surface area contributed by atoms with Crippen LogP contribution in [0.1, 0.15) is 17.3 Å². The van der Waals surface area contributed by atoms with Gasteiger partial charge in [-0.2, -0.15) is 0 Å². The molecule has 15 heavy (non-hydrogen) atoms. The maximum absolute atomic E-state index is 12.0. The van der Waals surface area contributed by atoms with Crippen LogP contribution in [0.4, 0.5) is 0 Å². The minimum Gasteiger partial charge on any atom is -0.497 e. The summed E-state index contributed by atoms with van der Waals surface area (Å²) in [5.41, 5.74) is 0.768. The number of ether oxygens (including phenoxy) is 1. The summed E-state index contributed by atoms with van der Waals surface area (Å²) < 4.78 is 5.05. The van der Waals surface area contributed by atoms with Gasteiger partial charge in [0.2, 0.25) is 5.78 Å². The van der Waals surface area contributed by atoms with Crippen LogP contribution in [0.5, 0.6) is 5.75 Å². The van der Waals surface area contributed by atoms with Crippen LogP contribution in [-0.2, 0) is 10.9 Å². The molecule has 1 aromatic rings. The van der Waals surface area contributed by atoms with Gasteiger partial charge in [0, 0.05) is 5.56 Å². The number of benzene rings is 1. The van der Waals surface area contributed by atoms with Gasteiger partial charge in [0.25, 0.3) is 0 Å². The zero-order valence-electron chi connectivity index (χ0n) is 9.61. The van der Waals surface area contributed by atoms with Crippen molar-refractivity contribution in [3.05, 3.63) is 29.8 Å². The number of rotatable bonds is 4. The summed E-state index contributed by atoms with van der Waals surface area (Å²) in [6, 6.07) is 7.29. The molecule has 0 saturated heterocycles. The van der Waals surface area contributed by atoms with E-state index < -0.39 is 0 Å². The molecule has 0 radical (unpaired) electrons. The first-order chi connectivity index (χ1) is 7.06. The zero-order valence-corrected chi connectivity index (χ0v) is 10.4. The Bertz CT molecular complexity index is 330. The van der Waals surface area contributed by atoms with Crippen molar-refractivity contribution < 1.29 is 9.53 Å². The first-order valence-electron chi connectivity index (χ1n) is 4.81. The van der Waals surface area contributed by atoms with E-state index in [0.717, 1.165) is 11.3 Å². The largest absolute Gasteiger partial charge is 0.497 e. The van der Waals surface area contributed by atoms with Crippen LogP contribution in [0.2, 0.25) is 0 Å². The van der Waals surface area contributed by atoms with Gasteiger partial charge >= 0.3 is 0 Å². The van der Waals surface area contributed by atoms with E-state index in [2.05, 4.69) is 12.5 Å². The summed E-state index contributed by atoms with van der Waals surface area (Å²) in [6.45, 7) is 1.98. The summed E-state index contributed by atoms with van der Waals surface area (Å²) in [6.07, 6.45) is 4.18. The highest BCUT2D eigenvalue weighted by Crippen LogP contribution is 2.14. The van der Waals surface area contributed by atoms with E-state index >= 15 is 0 Å². The zero-order chi connectivity index (χ0) is 11.4. The third-order valence-corrected chi connectivity index (χ3v) is 4.08. The lowest BCUT2D eigenvalue weighted by Gasteiger charge is -2.07. The van der Waals surface area contributed by atoms with Crippen molar-refractivity contribution in [2.24, 2.45) is 0 Å². The summed E-state index contributed by atoms with van der Waals surface area (Å²) >= 11 is 0. The quantitative estimate of drug-likeness (QED) is 0.579. The number of Topliss-reactive ketones (excluding diaryl/α,β-unsaturated/α-hetero) is 1. The topological polar surface area (TPSA) is 26.3 Å². The number of methoxy groups -OCH3 is 1. The highest BCUT2D eigenvalue weighted by Gasteiger charge is 2.25. The fourth-order valence-corrected chi connectivity index (χ4v) is 1.77. The second-order valence-corrected chi connectivity index (χ2v) is 6.08. The Morgan fingerprint density at radius 2 is 1.80 bits per heavy atom. The van der Waals surface area contributed by atoms with Gasteiger partial charge in [0.05, 0.1) is 19.6 Å². The van der Waals surface area contributed by atoms with Crippen molar-refractivity contribution in [3.63, 3.8) is 0 Å². The summed E-state index contributed by atoms with van der Waals surface area (Å²) in [4.78, 5) is 12.0. The molecule has 1 aromatic carbocycles. The fourth-order valence-electron chi connectivity index (χ4n) is 1.20. The van der Waals surface area contributed by atoms with Gasteiger partial charge in [-0.05, 0) is 42.1 Å². The molecule has 0 amide bonds. The number of hydrogen-bond donors (Lipinski definition) is 0. The molecular weight excluding hydrogens is 208 g/mol. The van der Waals surface area contributed by atoms with Crippen molar-refractivity contribution in [2.75, 3.05) is 19.6 Å². The molecule has 0 spiro atoms. The molecule has 1 atom stereocenters. The maximum Gasteiger partial charge on any atom is 0.214 e. The van der Waals surface area contributed by atoms with Crippen LogP contribution in [0.25, 0.3) is 0 Å². The summed E-state index contributed by atoms with van der Waals surface area (Å²) in [5, 5.41) is 0.0957. The summed E-state index contributed by atoms with van der Waals surface area (Å²) in [7, 11) is 1.74. The molecule has 0 bridgehead atoms. The Morgan fingerprint density at radius 1 is 1.27 bits per heavy atom. The van der Waals surface area contributed by atoms with Gasteiger partial charge < -0.3 is 4.74 Å². The van der Waals surface area contributed by atoms with Crippen LogP contribution in [0.15, 0.2) is 24.3 Å². The monoisotopic (exact) mass is 225 g/mol. The average Bonchev–Trinajstić information content (AvgIpc) is 2.27. The van der Waals surface area contributed by atoms with E-state index in [9.17, 15) is 4.79 Å². The predicted octanol–water partition coefficient (Wildman–Crippen LogP) is 2.14. The molecule has 0 fully saturated rings. The Kier molecular flexibility index (Phi) is 4.21. The lowest BCUT2D eigenvalue weighted by Crippen LogP contribution is -2.25. The van der Waals surface area contributed by atoms with Crippen molar-refractivity contribution in [2.45, 2.75) is 12.2 Å². The second-order valence-electron chi connectivity index (χ2n) is 3.61. The highest BCUT2D eigenvalue weighted by molar-refractivity contribution is 7.96. The molecule has 0 N–H and O–H groups in total. The van der Waals surface area contributed by atoms with Gasteiger partial charge in [-0.3, -0.25) is 4.79 Å². The standard InChI is InChI=1S/C12H17O2S/c1-9(15(3)4)12(13)10-5-7-11(14-2)8-6-10/h5-9H,1-4H3/q+1. The van der Waals surface area contributed by atoms with Crippen molar-refractivity contribution in [1.82, 2.24) is 0 Å². The lowest BCUT2D eigenvalue weighted by molar-refractivity contribution is 0.0993. The van der Waals surface area contributed by atoms with E-state index in [1.807, 2.05) is 31.2 Å². The second kappa shape index (κ2) is 5.21.